The van der Waals surface area contributed by atoms with Crippen molar-refractivity contribution in [3.05, 3.63) is 57.6 Å². The minimum absolute atomic E-state index is 0.303. The van der Waals surface area contributed by atoms with E-state index < -0.39 is 0 Å². The van der Waals surface area contributed by atoms with Gasteiger partial charge in [-0.15, -0.1) is 0 Å². The van der Waals surface area contributed by atoms with Crippen LogP contribution < -0.4 is 15.5 Å². The first kappa shape index (κ1) is 19.4. The van der Waals surface area contributed by atoms with Gasteiger partial charge in [-0.25, -0.2) is 4.79 Å². The molecular formula is C19H19Br2N5O. The Morgan fingerprint density at radius 2 is 1.70 bits per heavy atom. The van der Waals surface area contributed by atoms with Gasteiger partial charge in [0.15, 0.2) is 0 Å². The van der Waals surface area contributed by atoms with E-state index >= 15 is 0 Å². The highest BCUT2D eigenvalue weighted by Crippen LogP contribution is 2.33. The lowest BCUT2D eigenvalue weighted by Crippen LogP contribution is -2.20. The van der Waals surface area contributed by atoms with Gasteiger partial charge in [-0.05, 0) is 58.4 Å². The largest absolute Gasteiger partial charge is 0.378 e. The third kappa shape index (κ3) is 4.70. The monoisotopic (exact) mass is 491 g/mol. The Bertz CT molecular complexity index is 947. The summed E-state index contributed by atoms with van der Waals surface area (Å²) in [6.45, 7) is 0. The first-order valence-electron chi connectivity index (χ1n) is 8.17. The fourth-order valence-electron chi connectivity index (χ4n) is 2.64. The second-order valence-electron chi connectivity index (χ2n) is 6.21. The predicted molar refractivity (Wildman–Crippen MR) is 117 cm³/mol. The number of amides is 2. The number of benzene rings is 2. The molecule has 0 saturated carbocycles. The van der Waals surface area contributed by atoms with Crippen LogP contribution in [0.15, 0.2) is 57.6 Å². The number of rotatable bonds is 4. The average molecular weight is 493 g/mol. The Hall–Kier alpha value is -2.32. The molecule has 0 bridgehead atoms. The SMILES string of the molecule is CN(C)c1cc(NC(=O)Nc2ccc(Br)cc2)cc(-c2c(Br)cnn2C)c1. The van der Waals surface area contributed by atoms with Crippen LogP contribution in [-0.4, -0.2) is 29.9 Å². The van der Waals surface area contributed by atoms with Crippen molar-refractivity contribution in [3.8, 4) is 11.3 Å². The fourth-order valence-corrected chi connectivity index (χ4v) is 3.48. The van der Waals surface area contributed by atoms with E-state index in [0.717, 1.165) is 25.9 Å². The smallest absolute Gasteiger partial charge is 0.323 e. The van der Waals surface area contributed by atoms with Gasteiger partial charge in [-0.3, -0.25) is 4.68 Å². The quantitative estimate of drug-likeness (QED) is 0.517. The molecule has 3 rings (SSSR count). The van der Waals surface area contributed by atoms with Crippen LogP contribution in [0.1, 0.15) is 0 Å². The highest BCUT2D eigenvalue weighted by atomic mass is 79.9. The maximum absolute atomic E-state index is 12.4. The zero-order valence-corrected chi connectivity index (χ0v) is 18.3. The minimum Gasteiger partial charge on any atom is -0.378 e. The molecule has 1 heterocycles. The second kappa shape index (κ2) is 8.14. The Morgan fingerprint density at radius 1 is 1.04 bits per heavy atom. The van der Waals surface area contributed by atoms with Gasteiger partial charge in [0.25, 0.3) is 0 Å². The van der Waals surface area contributed by atoms with E-state index in [-0.39, 0.29) is 6.03 Å². The summed E-state index contributed by atoms with van der Waals surface area (Å²) >= 11 is 6.92. The van der Waals surface area contributed by atoms with E-state index in [2.05, 4.69) is 53.7 Å². The summed E-state index contributed by atoms with van der Waals surface area (Å²) in [5.74, 6) is 0. The lowest BCUT2D eigenvalue weighted by Gasteiger charge is -2.17. The van der Waals surface area contributed by atoms with Gasteiger partial charge in [0.1, 0.15) is 0 Å². The molecule has 0 spiro atoms. The summed E-state index contributed by atoms with van der Waals surface area (Å²) in [6.07, 6.45) is 1.75. The number of urea groups is 1. The van der Waals surface area contributed by atoms with Crippen LogP contribution in [0.2, 0.25) is 0 Å². The van der Waals surface area contributed by atoms with Crippen molar-refractivity contribution in [2.24, 2.45) is 7.05 Å². The van der Waals surface area contributed by atoms with Crippen molar-refractivity contribution in [2.45, 2.75) is 0 Å². The summed E-state index contributed by atoms with van der Waals surface area (Å²) in [7, 11) is 5.81. The molecule has 2 amide bonds. The molecule has 1 aromatic heterocycles. The van der Waals surface area contributed by atoms with Gasteiger partial charge in [0.2, 0.25) is 0 Å². The molecule has 0 atom stereocenters. The van der Waals surface area contributed by atoms with Crippen LogP contribution in [0.3, 0.4) is 0 Å². The molecule has 2 N–H and O–H groups in total. The molecule has 0 radical (unpaired) electrons. The Balaban J connectivity index is 1.88. The number of nitrogens with zero attached hydrogens (tertiary/aromatic N) is 3. The number of hydrogen-bond donors (Lipinski definition) is 2. The molecule has 0 aliphatic heterocycles. The predicted octanol–water partition coefficient (Wildman–Crippen LogP) is 5.32. The molecule has 3 aromatic rings. The number of anilines is 3. The van der Waals surface area contributed by atoms with Crippen LogP contribution >= 0.6 is 31.9 Å². The number of carbonyl (C=O) groups excluding carboxylic acids is 1. The van der Waals surface area contributed by atoms with E-state index in [1.165, 1.54) is 0 Å². The topological polar surface area (TPSA) is 62.2 Å². The molecule has 27 heavy (non-hydrogen) atoms. The Kier molecular flexibility index (Phi) is 5.86. The molecule has 140 valence electrons. The van der Waals surface area contributed by atoms with Crippen molar-refractivity contribution in [1.29, 1.82) is 0 Å². The number of hydrogen-bond acceptors (Lipinski definition) is 3. The number of nitrogens with one attached hydrogen (secondary N) is 2. The van der Waals surface area contributed by atoms with Crippen molar-refractivity contribution in [3.63, 3.8) is 0 Å². The van der Waals surface area contributed by atoms with E-state index in [4.69, 9.17) is 0 Å². The van der Waals surface area contributed by atoms with Gasteiger partial charge >= 0.3 is 6.03 Å². The zero-order chi connectivity index (χ0) is 19.6. The lowest BCUT2D eigenvalue weighted by atomic mass is 10.1. The van der Waals surface area contributed by atoms with Gasteiger partial charge in [0, 0.05) is 48.2 Å². The van der Waals surface area contributed by atoms with Crippen molar-refractivity contribution in [1.82, 2.24) is 9.78 Å². The highest BCUT2D eigenvalue weighted by molar-refractivity contribution is 9.10. The molecular weight excluding hydrogens is 474 g/mol. The highest BCUT2D eigenvalue weighted by Gasteiger charge is 2.13. The van der Waals surface area contributed by atoms with Crippen LogP contribution in [0, 0.1) is 0 Å². The minimum atomic E-state index is -0.303. The van der Waals surface area contributed by atoms with Gasteiger partial charge in [-0.1, -0.05) is 15.9 Å². The molecule has 8 heteroatoms. The van der Waals surface area contributed by atoms with Crippen LogP contribution in [0.25, 0.3) is 11.3 Å². The standard InChI is InChI=1S/C19H19Br2N5O/c1-25(2)16-9-12(18-17(21)11-22-26(18)3)8-15(10-16)24-19(27)23-14-6-4-13(20)5-7-14/h4-11H,1-3H3,(H2,23,24,27). The number of aromatic nitrogens is 2. The first-order valence-corrected chi connectivity index (χ1v) is 9.76. The maximum Gasteiger partial charge on any atom is 0.323 e. The van der Waals surface area contributed by atoms with Crippen molar-refractivity contribution >= 4 is 55.0 Å². The summed E-state index contributed by atoms with van der Waals surface area (Å²) in [5, 5.41) is 10.0. The van der Waals surface area contributed by atoms with Gasteiger partial charge < -0.3 is 15.5 Å². The van der Waals surface area contributed by atoms with Crippen LogP contribution in [0.5, 0.6) is 0 Å². The Labute approximate surface area is 174 Å². The van der Waals surface area contributed by atoms with Crippen LogP contribution in [-0.2, 0) is 7.05 Å². The van der Waals surface area contributed by atoms with Crippen molar-refractivity contribution in [2.75, 3.05) is 29.6 Å². The van der Waals surface area contributed by atoms with Gasteiger partial charge in [-0.2, -0.15) is 5.10 Å². The summed E-state index contributed by atoms with van der Waals surface area (Å²) in [4.78, 5) is 14.4. The molecule has 6 nitrogen and oxygen atoms in total. The van der Waals surface area contributed by atoms with Gasteiger partial charge in [0.05, 0.1) is 16.4 Å². The Morgan fingerprint density at radius 3 is 2.30 bits per heavy atom. The average Bonchev–Trinajstić information content (AvgIpc) is 2.95. The zero-order valence-electron chi connectivity index (χ0n) is 15.1. The molecule has 0 aliphatic rings. The lowest BCUT2D eigenvalue weighted by molar-refractivity contribution is 0.262. The maximum atomic E-state index is 12.4. The third-order valence-electron chi connectivity index (χ3n) is 3.96. The normalized spacial score (nSPS) is 10.6. The molecule has 0 saturated heterocycles. The molecule has 0 aliphatic carbocycles. The second-order valence-corrected chi connectivity index (χ2v) is 7.98. The van der Waals surface area contributed by atoms with Crippen molar-refractivity contribution < 1.29 is 4.79 Å². The molecule has 0 fully saturated rings. The first-order chi connectivity index (χ1) is 12.8. The fraction of sp³-hybridized carbons (Fsp3) is 0.158. The summed E-state index contributed by atoms with van der Waals surface area (Å²) in [6, 6.07) is 13.0. The molecule has 2 aromatic carbocycles. The summed E-state index contributed by atoms with van der Waals surface area (Å²) in [5.41, 5.74) is 4.27. The van der Waals surface area contributed by atoms with E-state index in [0.29, 0.717) is 11.4 Å². The summed E-state index contributed by atoms with van der Waals surface area (Å²) < 4.78 is 3.65. The van der Waals surface area contributed by atoms with E-state index in [1.807, 2.05) is 62.4 Å². The molecule has 0 unspecified atom stereocenters. The number of aryl methyl sites for hydroxylation is 1. The number of carbonyl (C=O) groups is 1. The van der Waals surface area contributed by atoms with E-state index in [9.17, 15) is 4.79 Å². The van der Waals surface area contributed by atoms with Crippen LogP contribution in [0.4, 0.5) is 21.9 Å². The third-order valence-corrected chi connectivity index (χ3v) is 5.07. The number of halogens is 2. The van der Waals surface area contributed by atoms with E-state index in [1.54, 1.807) is 10.9 Å².